The van der Waals surface area contributed by atoms with Gasteiger partial charge in [-0.1, -0.05) is 19.1 Å². The quantitative estimate of drug-likeness (QED) is 0.661. The van der Waals surface area contributed by atoms with Gasteiger partial charge in [0.25, 0.3) is 0 Å². The lowest BCUT2D eigenvalue weighted by Crippen LogP contribution is -2.41. The number of aryl methyl sites for hydroxylation is 1. The third-order valence-corrected chi connectivity index (χ3v) is 7.05. The lowest BCUT2D eigenvalue weighted by molar-refractivity contribution is 0.381. The normalized spacial score (nSPS) is 29.3. The van der Waals surface area contributed by atoms with Crippen molar-refractivity contribution in [2.45, 2.75) is 50.2 Å². The Hall–Kier alpha value is -2.25. The Morgan fingerprint density at radius 1 is 1.45 bits per heavy atom. The van der Waals surface area contributed by atoms with E-state index >= 15 is 8.78 Å². The Labute approximate surface area is 174 Å². The van der Waals surface area contributed by atoms with Gasteiger partial charge in [0.05, 0.1) is 29.9 Å². The number of hydrogen-bond donors (Lipinski definition) is 3. The van der Waals surface area contributed by atoms with Gasteiger partial charge in [-0.15, -0.1) is 11.3 Å². The van der Waals surface area contributed by atoms with Crippen molar-refractivity contribution >= 4 is 17.7 Å². The summed E-state index contributed by atoms with van der Waals surface area (Å²) in [4.78, 5) is 5.48. The molecule has 4 nitrogen and oxygen atoms in total. The van der Waals surface area contributed by atoms with Gasteiger partial charge in [-0.2, -0.15) is 0 Å². The van der Waals surface area contributed by atoms with E-state index in [1.54, 1.807) is 30.7 Å². The van der Waals surface area contributed by atoms with Crippen LogP contribution in [-0.2, 0) is 11.8 Å². The molecule has 4 N–H and O–H groups in total. The largest absolute Gasteiger partial charge is 0.377 e. The van der Waals surface area contributed by atoms with Gasteiger partial charge in [0.1, 0.15) is 5.83 Å². The predicted molar refractivity (Wildman–Crippen MR) is 115 cm³/mol. The van der Waals surface area contributed by atoms with E-state index in [9.17, 15) is 0 Å². The van der Waals surface area contributed by atoms with E-state index in [2.05, 4.69) is 22.5 Å². The monoisotopic (exact) mass is 416 g/mol. The van der Waals surface area contributed by atoms with Crippen LogP contribution in [0.2, 0.25) is 0 Å². The predicted octanol–water partition coefficient (Wildman–Crippen LogP) is 3.79. The van der Waals surface area contributed by atoms with Crippen molar-refractivity contribution in [2.24, 2.45) is 10.7 Å². The summed E-state index contributed by atoms with van der Waals surface area (Å²) in [6.45, 7) is 3.98. The Morgan fingerprint density at radius 3 is 3.00 bits per heavy atom. The lowest BCUT2D eigenvalue weighted by Gasteiger charge is -2.33. The summed E-state index contributed by atoms with van der Waals surface area (Å²) in [7, 11) is 0. The van der Waals surface area contributed by atoms with Crippen LogP contribution in [0.1, 0.15) is 30.7 Å². The number of rotatable bonds is 6. The Bertz CT molecular complexity index is 942. The molecule has 29 heavy (non-hydrogen) atoms. The summed E-state index contributed by atoms with van der Waals surface area (Å²) in [5.74, 6) is -1.51. The van der Waals surface area contributed by atoms with Crippen molar-refractivity contribution in [3.63, 3.8) is 0 Å². The third kappa shape index (κ3) is 3.57. The van der Waals surface area contributed by atoms with Crippen LogP contribution in [0, 0.1) is 0 Å². The van der Waals surface area contributed by atoms with E-state index in [1.807, 2.05) is 29.7 Å². The summed E-state index contributed by atoms with van der Waals surface area (Å²) in [5.41, 5.74) is 6.91. The van der Waals surface area contributed by atoms with Gasteiger partial charge in [0.15, 0.2) is 5.83 Å². The van der Waals surface area contributed by atoms with E-state index < -0.39 is 23.1 Å². The fourth-order valence-electron chi connectivity index (χ4n) is 3.99. The molecule has 0 amide bonds. The minimum atomic E-state index is -0.973. The number of nitrogens with two attached hydrogens (primary N) is 1. The number of allylic oxidation sites excluding steroid dienone is 3. The molecular weight excluding hydrogens is 390 g/mol. The second-order valence-corrected chi connectivity index (χ2v) is 8.85. The SMILES string of the molecule is CCc1cc(C2(C)CC=C(C(CN)NC3=CC4NC=NC4C=C3)C(F)=C2F)cs1. The summed E-state index contributed by atoms with van der Waals surface area (Å²) < 4.78 is 30.5. The van der Waals surface area contributed by atoms with Crippen molar-refractivity contribution in [3.05, 3.63) is 69.1 Å². The molecule has 1 aromatic rings. The van der Waals surface area contributed by atoms with Crippen LogP contribution in [0.25, 0.3) is 0 Å². The van der Waals surface area contributed by atoms with Gasteiger partial charge < -0.3 is 16.4 Å². The highest BCUT2D eigenvalue weighted by molar-refractivity contribution is 7.10. The molecule has 4 unspecified atom stereocenters. The summed E-state index contributed by atoms with van der Waals surface area (Å²) in [5, 5.41) is 8.37. The highest BCUT2D eigenvalue weighted by Gasteiger charge is 2.40. The highest BCUT2D eigenvalue weighted by atomic mass is 32.1. The molecule has 0 saturated carbocycles. The molecule has 1 aliphatic heterocycles. The first-order chi connectivity index (χ1) is 14.0. The molecule has 0 fully saturated rings. The fraction of sp³-hybridized carbons (Fsp3) is 0.409. The van der Waals surface area contributed by atoms with Crippen LogP contribution < -0.4 is 16.4 Å². The van der Waals surface area contributed by atoms with Crippen LogP contribution in [0.15, 0.2) is 63.7 Å². The number of fused-ring (bicyclic) bond motifs is 1. The van der Waals surface area contributed by atoms with Crippen LogP contribution in [0.5, 0.6) is 0 Å². The molecule has 0 spiro atoms. The van der Waals surface area contributed by atoms with Crippen LogP contribution in [-0.4, -0.2) is 31.0 Å². The molecule has 4 rings (SSSR count). The second kappa shape index (κ2) is 7.88. The molecule has 0 aromatic carbocycles. The number of nitrogens with one attached hydrogen (secondary N) is 2. The van der Waals surface area contributed by atoms with Crippen LogP contribution >= 0.6 is 11.3 Å². The van der Waals surface area contributed by atoms with Crippen molar-refractivity contribution in [1.29, 1.82) is 0 Å². The molecular formula is C22H26F2N4S. The van der Waals surface area contributed by atoms with E-state index in [-0.39, 0.29) is 18.6 Å². The molecule has 3 aliphatic rings. The Balaban J connectivity index is 1.55. The highest BCUT2D eigenvalue weighted by Crippen LogP contribution is 2.45. The Morgan fingerprint density at radius 2 is 2.28 bits per heavy atom. The third-order valence-electron chi connectivity index (χ3n) is 5.97. The maximum atomic E-state index is 15.3. The lowest BCUT2D eigenvalue weighted by atomic mass is 9.74. The molecule has 7 heteroatoms. The van der Waals surface area contributed by atoms with Gasteiger partial charge in [0.2, 0.25) is 0 Å². The first-order valence-electron chi connectivity index (χ1n) is 9.94. The number of halogens is 2. The molecule has 2 aliphatic carbocycles. The first kappa shape index (κ1) is 20.0. The van der Waals surface area contributed by atoms with Gasteiger partial charge in [-0.25, -0.2) is 8.78 Å². The number of hydrogen-bond acceptors (Lipinski definition) is 5. The maximum absolute atomic E-state index is 15.3. The zero-order valence-electron chi connectivity index (χ0n) is 16.6. The van der Waals surface area contributed by atoms with E-state index in [1.165, 1.54) is 4.88 Å². The standard InChI is InChI=1S/C22H26F2N4S/c1-3-15-8-13(11-29-15)22(2)7-6-16(20(23)21(22)24)19(10-25)28-14-4-5-17-18(9-14)27-12-26-17/h4-6,8-9,11-12,17-19,28H,3,7,10,25H2,1-2H3,(H,26,27). The topological polar surface area (TPSA) is 62.4 Å². The number of thiophene rings is 1. The van der Waals surface area contributed by atoms with E-state index in [4.69, 9.17) is 5.73 Å². The second-order valence-electron chi connectivity index (χ2n) is 7.85. The summed E-state index contributed by atoms with van der Waals surface area (Å²) in [6.07, 6.45) is 10.7. The minimum Gasteiger partial charge on any atom is -0.377 e. The summed E-state index contributed by atoms with van der Waals surface area (Å²) in [6, 6.07) is 1.64. The zero-order chi connectivity index (χ0) is 20.6. The van der Waals surface area contributed by atoms with Gasteiger partial charge in [0, 0.05) is 22.7 Å². The fourth-order valence-corrected chi connectivity index (χ4v) is 4.96. The number of aliphatic imine (C=N–C) groups is 1. The van der Waals surface area contributed by atoms with Crippen molar-refractivity contribution < 1.29 is 8.78 Å². The van der Waals surface area contributed by atoms with Crippen molar-refractivity contribution in [1.82, 2.24) is 10.6 Å². The van der Waals surface area contributed by atoms with Crippen LogP contribution in [0.4, 0.5) is 8.78 Å². The van der Waals surface area contributed by atoms with Gasteiger partial charge in [-0.05, 0) is 48.9 Å². The maximum Gasteiger partial charge on any atom is 0.160 e. The minimum absolute atomic E-state index is 0.0769. The molecule has 4 atom stereocenters. The summed E-state index contributed by atoms with van der Waals surface area (Å²) >= 11 is 1.59. The average molecular weight is 417 g/mol. The molecule has 154 valence electrons. The zero-order valence-corrected chi connectivity index (χ0v) is 17.4. The smallest absolute Gasteiger partial charge is 0.160 e. The van der Waals surface area contributed by atoms with Gasteiger partial charge in [-0.3, -0.25) is 4.99 Å². The van der Waals surface area contributed by atoms with Gasteiger partial charge >= 0.3 is 0 Å². The van der Waals surface area contributed by atoms with Crippen molar-refractivity contribution in [2.75, 3.05) is 6.54 Å². The van der Waals surface area contributed by atoms with E-state index in [0.29, 0.717) is 12.0 Å². The first-order valence-corrected chi connectivity index (χ1v) is 10.8. The molecule has 2 heterocycles. The molecule has 0 radical (unpaired) electrons. The van der Waals surface area contributed by atoms with Crippen LogP contribution in [0.3, 0.4) is 0 Å². The van der Waals surface area contributed by atoms with Crippen molar-refractivity contribution in [3.8, 4) is 0 Å². The van der Waals surface area contributed by atoms with E-state index in [0.717, 1.165) is 17.7 Å². The molecule has 0 bridgehead atoms. The molecule has 1 aromatic heterocycles. The Kier molecular flexibility index (Phi) is 5.44. The number of nitrogens with zero attached hydrogens (tertiary/aromatic N) is 1. The molecule has 0 saturated heterocycles. The average Bonchev–Trinajstić information content (AvgIpc) is 3.40.